The lowest BCUT2D eigenvalue weighted by Gasteiger charge is -2.38. The molecule has 0 heterocycles. The van der Waals surface area contributed by atoms with Crippen molar-refractivity contribution >= 4 is 28.6 Å². The maximum absolute atomic E-state index is 12.9. The summed E-state index contributed by atoms with van der Waals surface area (Å²) >= 11 is 0. The third-order valence-corrected chi connectivity index (χ3v) is 14.3. The summed E-state index contributed by atoms with van der Waals surface area (Å²) in [4.78, 5) is 25.6. The molecule has 1 atom stereocenters. The van der Waals surface area contributed by atoms with E-state index in [0.29, 0.717) is 19.4 Å². The maximum Gasteiger partial charge on any atom is 0.389 e. The molecule has 0 spiro atoms. The molecule has 1 unspecified atom stereocenters. The number of carbonyl (C=O) groups is 2. The molecule has 0 bridgehead atoms. The Morgan fingerprint density at radius 2 is 1.32 bits per heavy atom. The highest BCUT2D eigenvalue weighted by atomic mass is 28.4. The maximum atomic E-state index is 12.9. The highest BCUT2D eigenvalue weighted by Crippen LogP contribution is 2.42. The quantitative estimate of drug-likeness (QED) is 0.0939. The number of halogens is 3. The molecule has 37 heavy (non-hydrogen) atoms. The van der Waals surface area contributed by atoms with Gasteiger partial charge in [0.2, 0.25) is 0 Å². The van der Waals surface area contributed by atoms with Crippen LogP contribution in [-0.2, 0) is 23.2 Å². The zero-order valence-electron chi connectivity index (χ0n) is 25.0. The summed E-state index contributed by atoms with van der Waals surface area (Å²) in [7, 11) is -3.52. The van der Waals surface area contributed by atoms with E-state index in [-0.39, 0.29) is 19.0 Å². The SMILES string of the molecule is CCCC[Si](C)(C)O[Si](C)(C)CCCOC(=O)C(C)(C)CC(C)(C)C(CC)C(=O)OCCCC(F)(F)F. The van der Waals surface area contributed by atoms with Crippen molar-refractivity contribution in [1.29, 1.82) is 0 Å². The summed E-state index contributed by atoms with van der Waals surface area (Å²) in [6, 6.07) is 2.09. The summed E-state index contributed by atoms with van der Waals surface area (Å²) in [5.41, 5.74) is -1.43. The van der Waals surface area contributed by atoms with Gasteiger partial charge in [0.1, 0.15) is 0 Å². The Bertz CT molecular complexity index is 707. The van der Waals surface area contributed by atoms with Gasteiger partial charge in [-0.1, -0.05) is 40.5 Å². The van der Waals surface area contributed by atoms with Crippen molar-refractivity contribution in [3.8, 4) is 0 Å². The molecule has 0 amide bonds. The minimum absolute atomic E-state index is 0.257. The van der Waals surface area contributed by atoms with E-state index in [1.165, 1.54) is 18.9 Å². The third-order valence-electron chi connectivity index (χ3n) is 6.78. The minimum Gasteiger partial charge on any atom is -0.465 e. The third kappa shape index (κ3) is 15.3. The van der Waals surface area contributed by atoms with Crippen LogP contribution < -0.4 is 0 Å². The highest BCUT2D eigenvalue weighted by Gasteiger charge is 2.43. The van der Waals surface area contributed by atoms with Crippen molar-refractivity contribution in [3.05, 3.63) is 0 Å². The normalized spacial score (nSPS) is 14.4. The predicted molar refractivity (Wildman–Crippen MR) is 148 cm³/mol. The monoisotopic (exact) mass is 570 g/mol. The molecular formula is C27H53F3O5Si2. The van der Waals surface area contributed by atoms with E-state index >= 15 is 0 Å². The molecule has 0 aromatic rings. The van der Waals surface area contributed by atoms with Crippen molar-refractivity contribution in [2.45, 2.75) is 131 Å². The minimum atomic E-state index is -4.27. The lowest BCUT2D eigenvalue weighted by atomic mass is 9.67. The number of hydrogen-bond acceptors (Lipinski definition) is 5. The van der Waals surface area contributed by atoms with Gasteiger partial charge in [-0.25, -0.2) is 0 Å². The summed E-state index contributed by atoms with van der Waals surface area (Å²) in [6.07, 6.45) is -1.53. The van der Waals surface area contributed by atoms with Gasteiger partial charge in [-0.05, 0) is 83.2 Å². The average Bonchev–Trinajstić information content (AvgIpc) is 2.70. The Morgan fingerprint density at radius 1 is 0.811 bits per heavy atom. The zero-order valence-corrected chi connectivity index (χ0v) is 27.0. The summed E-state index contributed by atoms with van der Waals surface area (Å²) in [6.45, 7) is 20.5. The Morgan fingerprint density at radius 3 is 1.81 bits per heavy atom. The fourth-order valence-electron chi connectivity index (χ4n) is 5.23. The number of carbonyl (C=O) groups excluding carboxylic acids is 2. The van der Waals surface area contributed by atoms with Crippen LogP contribution in [0.15, 0.2) is 0 Å². The van der Waals surface area contributed by atoms with Gasteiger partial charge < -0.3 is 13.6 Å². The number of alkyl halides is 3. The Kier molecular flexibility index (Phi) is 14.7. The molecule has 0 aliphatic rings. The van der Waals surface area contributed by atoms with Gasteiger partial charge in [0, 0.05) is 6.42 Å². The van der Waals surface area contributed by atoms with E-state index in [1.54, 1.807) is 0 Å². The lowest BCUT2D eigenvalue weighted by molar-refractivity contribution is -0.162. The van der Waals surface area contributed by atoms with Crippen molar-refractivity contribution in [2.75, 3.05) is 13.2 Å². The molecule has 5 nitrogen and oxygen atoms in total. The molecule has 0 aromatic heterocycles. The van der Waals surface area contributed by atoms with Gasteiger partial charge in [-0.2, -0.15) is 13.2 Å². The van der Waals surface area contributed by atoms with Crippen molar-refractivity contribution < 1.29 is 36.3 Å². The number of unbranched alkanes of at least 4 members (excludes halogenated alkanes) is 1. The smallest absolute Gasteiger partial charge is 0.389 e. The van der Waals surface area contributed by atoms with Crippen LogP contribution in [0.1, 0.15) is 86.5 Å². The van der Waals surface area contributed by atoms with Crippen LogP contribution in [0, 0.1) is 16.7 Å². The van der Waals surface area contributed by atoms with Gasteiger partial charge in [-0.3, -0.25) is 9.59 Å². The first-order valence-corrected chi connectivity index (χ1v) is 20.0. The second-order valence-corrected chi connectivity index (χ2v) is 21.7. The van der Waals surface area contributed by atoms with E-state index in [1.807, 2.05) is 34.6 Å². The van der Waals surface area contributed by atoms with Crippen LogP contribution in [0.5, 0.6) is 0 Å². The molecule has 0 fully saturated rings. The largest absolute Gasteiger partial charge is 0.465 e. The van der Waals surface area contributed by atoms with Crippen LogP contribution in [0.4, 0.5) is 13.2 Å². The number of hydrogen-bond donors (Lipinski definition) is 0. The highest BCUT2D eigenvalue weighted by molar-refractivity contribution is 6.84. The molecule has 0 aliphatic heterocycles. The van der Waals surface area contributed by atoms with Crippen LogP contribution >= 0.6 is 0 Å². The lowest BCUT2D eigenvalue weighted by Crippen LogP contribution is -2.44. The molecule has 0 saturated carbocycles. The van der Waals surface area contributed by atoms with Gasteiger partial charge in [0.15, 0.2) is 16.6 Å². The molecule has 0 aliphatic carbocycles. The summed E-state index contributed by atoms with van der Waals surface area (Å²) < 4.78 is 54.5. The molecule has 0 aromatic carbocycles. The Balaban J connectivity index is 4.81. The summed E-state index contributed by atoms with van der Waals surface area (Å²) in [5, 5.41) is 0. The second kappa shape index (κ2) is 15.1. The number of rotatable bonds is 18. The van der Waals surface area contributed by atoms with Gasteiger partial charge >= 0.3 is 18.1 Å². The van der Waals surface area contributed by atoms with E-state index in [2.05, 4.69) is 33.1 Å². The first-order valence-electron chi connectivity index (χ1n) is 13.8. The van der Waals surface area contributed by atoms with E-state index < -0.39 is 51.9 Å². The van der Waals surface area contributed by atoms with Gasteiger partial charge in [-0.15, -0.1) is 0 Å². The molecule has 0 N–H and O–H groups in total. The first kappa shape index (κ1) is 36.1. The summed E-state index contributed by atoms with van der Waals surface area (Å²) in [5.74, 6) is -1.36. The van der Waals surface area contributed by atoms with E-state index in [0.717, 1.165) is 12.5 Å². The van der Waals surface area contributed by atoms with Crippen molar-refractivity contribution in [1.82, 2.24) is 0 Å². The van der Waals surface area contributed by atoms with Crippen LogP contribution in [-0.4, -0.2) is 48.0 Å². The van der Waals surface area contributed by atoms with Gasteiger partial charge in [0.25, 0.3) is 0 Å². The van der Waals surface area contributed by atoms with Gasteiger partial charge in [0.05, 0.1) is 24.5 Å². The van der Waals surface area contributed by atoms with Crippen molar-refractivity contribution in [2.24, 2.45) is 16.7 Å². The van der Waals surface area contributed by atoms with E-state index in [9.17, 15) is 22.8 Å². The first-order chi connectivity index (χ1) is 16.7. The fourth-order valence-corrected chi connectivity index (χ4v) is 14.2. The molecule has 220 valence electrons. The molecule has 0 radical (unpaired) electrons. The Labute approximate surface area is 225 Å². The molecule has 10 heteroatoms. The molecule has 0 saturated heterocycles. The van der Waals surface area contributed by atoms with E-state index in [4.69, 9.17) is 13.6 Å². The zero-order chi connectivity index (χ0) is 29.1. The fraction of sp³-hybridized carbons (Fsp3) is 0.926. The topological polar surface area (TPSA) is 61.8 Å². The van der Waals surface area contributed by atoms with Crippen LogP contribution in [0.25, 0.3) is 0 Å². The van der Waals surface area contributed by atoms with Crippen LogP contribution in [0.2, 0.25) is 38.3 Å². The van der Waals surface area contributed by atoms with Crippen LogP contribution in [0.3, 0.4) is 0 Å². The number of esters is 2. The molecule has 0 rings (SSSR count). The Hall–Kier alpha value is -0.876. The molecular weight excluding hydrogens is 517 g/mol. The standard InChI is InChI=1S/C27H53F3O5Si2/c1-11-13-19-36(7,8)35-37(9,10)20-15-18-34-24(32)26(5,6)21-25(3,4)22(12-2)23(31)33-17-14-16-27(28,29)30/h22H,11-21H2,1-10H3. The van der Waals surface area contributed by atoms with Crippen molar-refractivity contribution in [3.63, 3.8) is 0 Å². The second-order valence-electron chi connectivity index (χ2n) is 12.9. The predicted octanol–water partition coefficient (Wildman–Crippen LogP) is 8.50. The average molecular weight is 571 g/mol. The number of ether oxygens (including phenoxy) is 2.